The number of alkyl halides is 4. The van der Waals surface area contributed by atoms with Gasteiger partial charge in [-0.15, -0.1) is 0 Å². The van der Waals surface area contributed by atoms with Crippen LogP contribution in [0.2, 0.25) is 0 Å². The monoisotopic (exact) mass is 296 g/mol. The van der Waals surface area contributed by atoms with Crippen LogP contribution in [0.15, 0.2) is 0 Å². The molecule has 0 radical (unpaired) electrons. The molecule has 0 unspecified atom stereocenters. The summed E-state index contributed by atoms with van der Waals surface area (Å²) in [6.45, 7) is 11.7. The zero-order chi connectivity index (χ0) is 16.2. The second-order valence-electron chi connectivity index (χ2n) is 3.62. The van der Waals surface area contributed by atoms with E-state index in [1.807, 2.05) is 0 Å². The molecule has 0 saturated heterocycles. The molecular formula is C14H36F4O. The fraction of sp³-hybridized carbons (Fsp3) is 1.00. The van der Waals surface area contributed by atoms with Gasteiger partial charge in [0.2, 0.25) is 0 Å². The summed E-state index contributed by atoms with van der Waals surface area (Å²) in [7, 11) is 3.25. The van der Waals surface area contributed by atoms with Crippen LogP contribution < -0.4 is 0 Å². The molecule has 5 heteroatoms. The van der Waals surface area contributed by atoms with Crippen molar-refractivity contribution in [3.63, 3.8) is 0 Å². The molecule has 0 atom stereocenters. The largest absolute Gasteiger partial charge is 0.388 e. The maximum Gasteiger partial charge on any atom is 0.386 e. The van der Waals surface area contributed by atoms with Crippen LogP contribution in [0.4, 0.5) is 17.6 Å². The molecule has 0 aromatic rings. The lowest BCUT2D eigenvalue weighted by molar-refractivity contribution is -0.110. The second kappa shape index (κ2) is 36.1. The van der Waals surface area contributed by atoms with Gasteiger partial charge < -0.3 is 4.74 Å². The molecule has 0 aromatic heterocycles. The van der Waals surface area contributed by atoms with Crippen LogP contribution >= 0.6 is 0 Å². The van der Waals surface area contributed by atoms with Crippen molar-refractivity contribution in [1.82, 2.24) is 0 Å². The van der Waals surface area contributed by atoms with Gasteiger partial charge in [-0.3, -0.25) is 0 Å². The van der Waals surface area contributed by atoms with E-state index in [0.717, 1.165) is 0 Å². The van der Waals surface area contributed by atoms with E-state index in [4.69, 9.17) is 0 Å². The summed E-state index contributed by atoms with van der Waals surface area (Å²) in [4.78, 5) is 0. The van der Waals surface area contributed by atoms with Gasteiger partial charge in [-0.25, -0.2) is 4.39 Å². The number of rotatable bonds is 0. The van der Waals surface area contributed by atoms with Crippen LogP contribution in [-0.2, 0) is 4.74 Å². The summed E-state index contributed by atoms with van der Waals surface area (Å²) >= 11 is 0. The molecule has 0 spiro atoms. The molecular weight excluding hydrogens is 260 g/mol. The van der Waals surface area contributed by atoms with Gasteiger partial charge in [0.15, 0.2) is 0 Å². The standard InChI is InChI=1S/C3H7F.2C3H8.C2H3F3.C2H6O.CH4/c1-3(2)4;2*1-3-2;1-2(3,4)5;1-3-2;/h3H,1-2H3;2*3H2,1-2H3;1H3;1-2H3;1H4. The minimum absolute atomic E-state index is 0. The Morgan fingerprint density at radius 3 is 0.895 bits per heavy atom. The fourth-order valence-corrected chi connectivity index (χ4v) is 0. The van der Waals surface area contributed by atoms with E-state index in [0.29, 0.717) is 0 Å². The van der Waals surface area contributed by atoms with Crippen molar-refractivity contribution >= 4 is 0 Å². The molecule has 0 rings (SSSR count). The molecule has 0 aliphatic heterocycles. The van der Waals surface area contributed by atoms with Gasteiger partial charge >= 0.3 is 6.18 Å². The van der Waals surface area contributed by atoms with Crippen LogP contribution in [0, 0.1) is 0 Å². The topological polar surface area (TPSA) is 9.23 Å². The fourth-order valence-electron chi connectivity index (χ4n) is 0. The lowest BCUT2D eigenvalue weighted by Crippen LogP contribution is -1.95. The first kappa shape index (κ1) is 36.3. The van der Waals surface area contributed by atoms with Crippen LogP contribution in [0.3, 0.4) is 0 Å². The summed E-state index contributed by atoms with van der Waals surface area (Å²) in [5.41, 5.74) is 0. The normalized spacial score (nSPS) is 7.89. The van der Waals surface area contributed by atoms with Gasteiger partial charge in [0.25, 0.3) is 0 Å². The third-order valence-corrected chi connectivity index (χ3v) is 0. The van der Waals surface area contributed by atoms with Crippen molar-refractivity contribution in [3.05, 3.63) is 0 Å². The second-order valence-corrected chi connectivity index (χ2v) is 3.62. The highest BCUT2D eigenvalue weighted by atomic mass is 19.4. The summed E-state index contributed by atoms with van der Waals surface area (Å²) in [6, 6.07) is 0. The number of halogens is 4. The molecule has 1 nitrogen and oxygen atoms in total. The van der Waals surface area contributed by atoms with Crippen molar-refractivity contribution in [3.8, 4) is 0 Å². The Labute approximate surface area is 118 Å². The Bertz CT molecular complexity index is 80.4. The molecule has 0 saturated carbocycles. The summed E-state index contributed by atoms with van der Waals surface area (Å²) in [5, 5.41) is 0. The van der Waals surface area contributed by atoms with E-state index in [9.17, 15) is 17.6 Å². The van der Waals surface area contributed by atoms with Gasteiger partial charge in [0, 0.05) is 21.1 Å². The number of hydrogen-bond acceptors (Lipinski definition) is 1. The van der Waals surface area contributed by atoms with Crippen LogP contribution in [0.5, 0.6) is 0 Å². The van der Waals surface area contributed by atoms with Crippen molar-refractivity contribution in [1.29, 1.82) is 0 Å². The molecule has 0 amide bonds. The molecule has 0 bridgehead atoms. The van der Waals surface area contributed by atoms with Crippen molar-refractivity contribution in [2.24, 2.45) is 0 Å². The molecule has 0 heterocycles. The van der Waals surface area contributed by atoms with Gasteiger partial charge in [0.1, 0.15) is 0 Å². The minimum Gasteiger partial charge on any atom is -0.388 e. The van der Waals surface area contributed by atoms with E-state index in [1.54, 1.807) is 14.2 Å². The zero-order valence-corrected chi connectivity index (χ0v) is 13.4. The Balaban J connectivity index is -0.0000000280. The molecule has 0 aliphatic rings. The van der Waals surface area contributed by atoms with E-state index < -0.39 is 12.3 Å². The van der Waals surface area contributed by atoms with Crippen molar-refractivity contribution < 1.29 is 22.3 Å². The van der Waals surface area contributed by atoms with Crippen molar-refractivity contribution in [2.45, 2.75) is 81.1 Å². The van der Waals surface area contributed by atoms with Crippen LogP contribution in [-0.4, -0.2) is 26.6 Å². The van der Waals surface area contributed by atoms with Crippen molar-refractivity contribution in [2.75, 3.05) is 14.2 Å². The van der Waals surface area contributed by atoms with Gasteiger partial charge in [0.05, 0.1) is 6.17 Å². The van der Waals surface area contributed by atoms with E-state index in [2.05, 4.69) is 32.4 Å². The van der Waals surface area contributed by atoms with Gasteiger partial charge in [-0.2, -0.15) is 13.2 Å². The first-order valence-electron chi connectivity index (χ1n) is 6.08. The number of hydrogen-bond donors (Lipinski definition) is 0. The van der Waals surface area contributed by atoms with E-state index in [1.165, 1.54) is 26.7 Å². The van der Waals surface area contributed by atoms with Crippen LogP contribution in [0.1, 0.15) is 68.7 Å². The lowest BCUT2D eigenvalue weighted by atomic mass is 10.5. The lowest BCUT2D eigenvalue weighted by Gasteiger charge is -1.88. The maximum atomic E-state index is 11.0. The molecule has 126 valence electrons. The average Bonchev–Trinajstić information content (AvgIpc) is 2.01. The number of ether oxygens (including phenoxy) is 1. The molecule has 0 aromatic carbocycles. The van der Waals surface area contributed by atoms with Gasteiger partial charge in [-0.05, 0) is 13.8 Å². The predicted octanol–water partition coefficient (Wildman–Crippen LogP) is 6.66. The Hall–Kier alpha value is -0.320. The van der Waals surface area contributed by atoms with Crippen LogP contribution in [0.25, 0.3) is 0 Å². The molecule has 19 heavy (non-hydrogen) atoms. The SMILES string of the molecule is C.CC(C)F.CC(F)(F)F.CCC.CCC.COC. The third-order valence-electron chi connectivity index (χ3n) is 0. The highest BCUT2D eigenvalue weighted by Crippen LogP contribution is 2.10. The predicted molar refractivity (Wildman–Crippen MR) is 79.6 cm³/mol. The summed E-state index contributed by atoms with van der Waals surface area (Å²) < 4.78 is 46.3. The first-order chi connectivity index (χ1) is 7.97. The smallest absolute Gasteiger partial charge is 0.386 e. The first-order valence-corrected chi connectivity index (χ1v) is 6.08. The quantitative estimate of drug-likeness (QED) is 0.454. The zero-order valence-electron chi connectivity index (χ0n) is 13.4. The Kier molecular flexibility index (Phi) is 68.9. The summed E-state index contributed by atoms with van der Waals surface area (Å²) in [6.07, 6.45) is -2.17. The molecule has 0 N–H and O–H groups in total. The minimum atomic E-state index is -4.00. The van der Waals surface area contributed by atoms with Gasteiger partial charge in [-0.1, -0.05) is 48.0 Å². The average molecular weight is 296 g/mol. The highest BCUT2D eigenvalue weighted by Gasteiger charge is 2.15. The number of methoxy groups -OCH3 is 1. The Morgan fingerprint density at radius 2 is 0.895 bits per heavy atom. The summed E-state index contributed by atoms with van der Waals surface area (Å²) in [5.74, 6) is 0. The maximum absolute atomic E-state index is 11.0. The van der Waals surface area contributed by atoms with E-state index >= 15 is 0 Å². The molecule has 0 aliphatic carbocycles. The third kappa shape index (κ3) is 42400. The highest BCUT2D eigenvalue weighted by molar-refractivity contribution is 4.26. The molecule has 0 fully saturated rings. The van der Waals surface area contributed by atoms with E-state index in [-0.39, 0.29) is 14.4 Å². The Morgan fingerprint density at radius 1 is 0.895 bits per heavy atom.